The van der Waals surface area contributed by atoms with Gasteiger partial charge in [0.15, 0.2) is 0 Å². The number of halogens is 3. The summed E-state index contributed by atoms with van der Waals surface area (Å²) in [4.78, 5) is 22.8. The van der Waals surface area contributed by atoms with Gasteiger partial charge in [0.2, 0.25) is 5.88 Å². The minimum absolute atomic E-state index is 0.0403. The Morgan fingerprint density at radius 3 is 2.60 bits per heavy atom. The maximum Gasteiger partial charge on any atom is 0.335 e. The number of fused-ring (bicyclic) bond motifs is 1. The number of morpholine rings is 1. The van der Waals surface area contributed by atoms with Crippen LogP contribution < -0.4 is 4.74 Å². The Kier molecular flexibility index (Phi) is 8.55. The van der Waals surface area contributed by atoms with Crippen LogP contribution >= 0.6 is 0 Å². The van der Waals surface area contributed by atoms with Gasteiger partial charge in [0.1, 0.15) is 29.9 Å². The molecule has 2 aromatic heterocycles. The lowest BCUT2D eigenvalue weighted by Gasteiger charge is -2.30. The second-order valence-electron chi connectivity index (χ2n) is 11.2. The molecule has 0 bridgehead atoms. The number of likely N-dealkylation sites (N-methyl/N-ethyl adjacent to an activating group) is 1. The van der Waals surface area contributed by atoms with Crippen molar-refractivity contribution in [2.75, 3.05) is 26.7 Å². The maximum absolute atomic E-state index is 15.6. The Morgan fingerprint density at radius 1 is 1.00 bits per heavy atom. The average Bonchev–Trinajstić information content (AvgIpc) is 3.34. The molecule has 5 aromatic rings. The van der Waals surface area contributed by atoms with Gasteiger partial charge < -0.3 is 24.0 Å². The first kappa shape index (κ1) is 30.3. The van der Waals surface area contributed by atoms with Crippen LogP contribution in [0.1, 0.15) is 32.9 Å². The van der Waals surface area contributed by atoms with Crippen molar-refractivity contribution < 1.29 is 32.5 Å². The van der Waals surface area contributed by atoms with Crippen molar-refractivity contribution in [1.29, 1.82) is 0 Å². The third-order valence-corrected chi connectivity index (χ3v) is 7.87. The Hall–Kier alpha value is -4.74. The number of benzene rings is 3. The van der Waals surface area contributed by atoms with Crippen molar-refractivity contribution in [2.45, 2.75) is 32.6 Å². The van der Waals surface area contributed by atoms with Gasteiger partial charge in [-0.3, -0.25) is 0 Å². The summed E-state index contributed by atoms with van der Waals surface area (Å²) in [5.41, 5.74) is 2.54. The van der Waals surface area contributed by atoms with E-state index >= 15 is 8.78 Å². The second-order valence-corrected chi connectivity index (χ2v) is 11.2. The summed E-state index contributed by atoms with van der Waals surface area (Å²) in [7, 11) is 1.99. The van der Waals surface area contributed by atoms with E-state index in [0.29, 0.717) is 42.1 Å². The molecule has 0 amide bonds. The first-order valence-electron chi connectivity index (χ1n) is 14.5. The van der Waals surface area contributed by atoms with Crippen LogP contribution in [0.5, 0.6) is 5.88 Å². The minimum atomic E-state index is -1.08. The highest BCUT2D eigenvalue weighted by molar-refractivity contribution is 5.92. The van der Waals surface area contributed by atoms with Crippen molar-refractivity contribution >= 4 is 17.0 Å². The predicted molar refractivity (Wildman–Crippen MR) is 162 cm³/mol. The first-order valence-corrected chi connectivity index (χ1v) is 14.5. The topological polar surface area (TPSA) is 89.7 Å². The number of ether oxygens (including phenoxy) is 2. The van der Waals surface area contributed by atoms with Gasteiger partial charge in [-0.15, -0.1) is 0 Å². The molecule has 1 aliphatic rings. The fourth-order valence-electron chi connectivity index (χ4n) is 5.48. The van der Waals surface area contributed by atoms with E-state index in [9.17, 15) is 14.3 Å². The van der Waals surface area contributed by atoms with Crippen LogP contribution in [0, 0.1) is 24.4 Å². The number of pyridine rings is 1. The van der Waals surface area contributed by atoms with Gasteiger partial charge in [-0.2, -0.15) is 0 Å². The van der Waals surface area contributed by atoms with Gasteiger partial charge in [0, 0.05) is 36.7 Å². The number of carboxylic acid groups (broad SMARTS) is 1. The molecule has 1 aliphatic heterocycles. The van der Waals surface area contributed by atoms with Crippen LogP contribution in [0.4, 0.5) is 13.2 Å². The zero-order valence-corrected chi connectivity index (χ0v) is 24.8. The molecule has 1 saturated heterocycles. The van der Waals surface area contributed by atoms with Gasteiger partial charge in [-0.1, -0.05) is 18.2 Å². The summed E-state index contributed by atoms with van der Waals surface area (Å²) in [5, 5.41) is 9.56. The van der Waals surface area contributed by atoms with E-state index in [1.807, 2.05) is 11.6 Å². The highest BCUT2D eigenvalue weighted by atomic mass is 19.1. The van der Waals surface area contributed by atoms with E-state index in [0.717, 1.165) is 24.2 Å². The van der Waals surface area contributed by atoms with Crippen LogP contribution in [0.3, 0.4) is 0 Å². The van der Waals surface area contributed by atoms with E-state index < -0.39 is 23.4 Å². The number of aromatic nitrogens is 3. The van der Waals surface area contributed by atoms with Crippen LogP contribution in [-0.2, 0) is 24.3 Å². The molecule has 45 heavy (non-hydrogen) atoms. The van der Waals surface area contributed by atoms with Gasteiger partial charge >= 0.3 is 5.97 Å². The van der Waals surface area contributed by atoms with Gasteiger partial charge in [-0.05, 0) is 67.6 Å². The molecule has 0 aliphatic carbocycles. The molecule has 3 aromatic carbocycles. The van der Waals surface area contributed by atoms with Crippen molar-refractivity contribution in [2.24, 2.45) is 0 Å². The molecule has 1 atom stereocenters. The second kappa shape index (κ2) is 12.7. The SMILES string of the molecule is Cc1ccc(COc2cccc(-c3cc(F)c(Cc4nc5ccc(C(=O)O)cc5n4CC4CN(C)CCO4)cc3F)n2)c(F)c1. The molecule has 11 heteroatoms. The quantitative estimate of drug-likeness (QED) is 0.217. The standard InChI is InChI=1S/C34H31F3N4O4/c1-20-6-7-22(26(35)12-20)19-45-33-5-3-4-29(39-33)25-16-27(36)23(13-28(25)37)15-32-38-30-9-8-21(34(42)43)14-31(30)41(32)18-24-17-40(2)10-11-44-24/h3-9,12-14,16,24H,10-11,15,17-19H2,1-2H3,(H,42,43). The Labute approximate surface area is 257 Å². The first-order chi connectivity index (χ1) is 21.6. The molecular formula is C34H31F3N4O4. The molecule has 1 N–H and O–H groups in total. The Bertz CT molecular complexity index is 1890. The number of aromatic carboxylic acids is 1. The maximum atomic E-state index is 15.6. The van der Waals surface area contributed by atoms with E-state index in [1.165, 1.54) is 24.3 Å². The minimum Gasteiger partial charge on any atom is -0.478 e. The summed E-state index contributed by atoms with van der Waals surface area (Å²) >= 11 is 0. The molecule has 0 saturated carbocycles. The predicted octanol–water partition coefficient (Wildman–Crippen LogP) is 6.02. The number of aryl methyl sites for hydroxylation is 1. The van der Waals surface area contributed by atoms with Crippen molar-refractivity contribution in [3.8, 4) is 17.1 Å². The van der Waals surface area contributed by atoms with Crippen molar-refractivity contribution in [3.05, 3.63) is 112 Å². The lowest BCUT2D eigenvalue weighted by molar-refractivity contribution is -0.0272. The molecular weight excluding hydrogens is 585 g/mol. The summed E-state index contributed by atoms with van der Waals surface area (Å²) in [6, 6.07) is 16.3. The lowest BCUT2D eigenvalue weighted by atomic mass is 10.0. The lowest BCUT2D eigenvalue weighted by Crippen LogP contribution is -2.42. The number of rotatable bonds is 9. The number of carboxylic acids is 1. The van der Waals surface area contributed by atoms with Crippen LogP contribution in [0.2, 0.25) is 0 Å². The van der Waals surface area contributed by atoms with Gasteiger partial charge in [0.25, 0.3) is 0 Å². The molecule has 1 unspecified atom stereocenters. The highest BCUT2D eigenvalue weighted by Gasteiger charge is 2.23. The smallest absolute Gasteiger partial charge is 0.335 e. The number of hydrogen-bond acceptors (Lipinski definition) is 6. The van der Waals surface area contributed by atoms with E-state index in [4.69, 9.17) is 9.47 Å². The highest BCUT2D eigenvalue weighted by Crippen LogP contribution is 2.29. The monoisotopic (exact) mass is 616 g/mol. The van der Waals surface area contributed by atoms with E-state index in [2.05, 4.69) is 14.9 Å². The van der Waals surface area contributed by atoms with Crippen LogP contribution in [0.15, 0.2) is 66.7 Å². The Balaban J connectivity index is 1.28. The molecule has 1 fully saturated rings. The molecule has 6 rings (SSSR count). The van der Waals surface area contributed by atoms with Crippen molar-refractivity contribution in [1.82, 2.24) is 19.4 Å². The number of carbonyl (C=O) groups is 1. The number of nitrogens with zero attached hydrogens (tertiary/aromatic N) is 4. The molecule has 0 spiro atoms. The summed E-state index contributed by atoms with van der Waals surface area (Å²) in [5.74, 6) is -2.22. The van der Waals surface area contributed by atoms with Gasteiger partial charge in [-0.25, -0.2) is 27.9 Å². The fraction of sp³-hybridized carbons (Fsp3) is 0.265. The van der Waals surface area contributed by atoms with Crippen LogP contribution in [-0.4, -0.2) is 63.4 Å². The van der Waals surface area contributed by atoms with Crippen LogP contribution in [0.25, 0.3) is 22.3 Å². The summed E-state index contributed by atoms with van der Waals surface area (Å²) in [6.07, 6.45) is -0.234. The molecule has 232 valence electrons. The zero-order chi connectivity index (χ0) is 31.7. The van der Waals surface area contributed by atoms with Crippen molar-refractivity contribution in [3.63, 3.8) is 0 Å². The normalized spacial score (nSPS) is 15.4. The zero-order valence-electron chi connectivity index (χ0n) is 24.8. The third kappa shape index (κ3) is 6.69. The molecule has 3 heterocycles. The third-order valence-electron chi connectivity index (χ3n) is 7.87. The van der Waals surface area contributed by atoms with Gasteiger partial charge in [0.05, 0.1) is 41.5 Å². The number of hydrogen-bond donors (Lipinski definition) is 1. The molecule has 8 nitrogen and oxygen atoms in total. The summed E-state index contributed by atoms with van der Waals surface area (Å²) < 4.78 is 58.8. The fourth-order valence-corrected chi connectivity index (χ4v) is 5.48. The van der Waals surface area contributed by atoms with E-state index in [-0.39, 0.29) is 47.4 Å². The molecule has 0 radical (unpaired) electrons. The number of imidazole rings is 1. The largest absolute Gasteiger partial charge is 0.478 e. The Morgan fingerprint density at radius 2 is 1.82 bits per heavy atom. The average molecular weight is 617 g/mol. The summed E-state index contributed by atoms with van der Waals surface area (Å²) in [6.45, 7) is 4.08. The van der Waals surface area contributed by atoms with E-state index in [1.54, 1.807) is 37.3 Å².